The smallest absolute Gasteiger partial charge is 0.244 e. The van der Waals surface area contributed by atoms with E-state index in [1.54, 1.807) is 11.0 Å². The van der Waals surface area contributed by atoms with Crippen molar-refractivity contribution in [3.63, 3.8) is 0 Å². The van der Waals surface area contributed by atoms with E-state index in [-0.39, 0.29) is 18.0 Å². The fraction of sp³-hybridized carbons (Fsp3) is 0.278. The van der Waals surface area contributed by atoms with Gasteiger partial charge in [0, 0.05) is 6.04 Å². The van der Waals surface area contributed by atoms with Crippen LogP contribution in [0.3, 0.4) is 0 Å². The molecule has 0 unspecified atom stereocenters. The second kappa shape index (κ2) is 6.60. The van der Waals surface area contributed by atoms with Crippen LogP contribution in [0.15, 0.2) is 55.1 Å². The molecule has 1 N–H and O–H groups in total. The van der Waals surface area contributed by atoms with Crippen molar-refractivity contribution in [3.8, 4) is 0 Å². The van der Waals surface area contributed by atoms with Crippen LogP contribution in [0.5, 0.6) is 0 Å². The Morgan fingerprint density at radius 3 is 2.70 bits per heavy atom. The fourth-order valence-corrected chi connectivity index (χ4v) is 2.67. The molecule has 0 radical (unpaired) electrons. The van der Waals surface area contributed by atoms with Crippen molar-refractivity contribution in [2.45, 2.75) is 32.4 Å². The average molecular weight is 308 g/mol. The lowest BCUT2D eigenvalue weighted by Crippen LogP contribution is -2.38. The molecule has 23 heavy (non-hydrogen) atoms. The normalized spacial score (nSPS) is 13.7. The zero-order valence-corrected chi connectivity index (χ0v) is 13.3. The molecule has 1 aromatic heterocycles. The maximum absolute atomic E-state index is 12.3. The number of amides is 1. The number of rotatable bonds is 5. The number of aromatic nitrogens is 3. The Labute approximate surface area is 135 Å². The summed E-state index contributed by atoms with van der Waals surface area (Å²) >= 11 is 0. The number of hydrogen-bond acceptors (Lipinski definition) is 3. The summed E-state index contributed by atoms with van der Waals surface area (Å²) in [7, 11) is 0. The van der Waals surface area contributed by atoms with Gasteiger partial charge in [-0.1, -0.05) is 42.5 Å². The van der Waals surface area contributed by atoms with E-state index in [0.717, 1.165) is 6.42 Å². The van der Waals surface area contributed by atoms with Crippen LogP contribution in [0.1, 0.15) is 25.5 Å². The molecule has 118 valence electrons. The molecule has 1 heterocycles. The quantitative estimate of drug-likeness (QED) is 0.788. The average Bonchev–Trinajstić information content (AvgIpc) is 3.08. The van der Waals surface area contributed by atoms with E-state index in [9.17, 15) is 4.79 Å². The molecule has 5 nitrogen and oxygen atoms in total. The Hall–Kier alpha value is -2.69. The van der Waals surface area contributed by atoms with Gasteiger partial charge in [-0.3, -0.25) is 4.79 Å². The monoisotopic (exact) mass is 308 g/mol. The molecule has 0 aliphatic rings. The lowest BCUT2D eigenvalue weighted by atomic mass is 10.0. The molecule has 0 aliphatic heterocycles. The van der Waals surface area contributed by atoms with Gasteiger partial charge in [-0.15, -0.1) is 0 Å². The Bertz CT molecular complexity index is 798. The number of fused-ring (bicyclic) bond motifs is 1. The number of carbonyl (C=O) groups is 1. The predicted octanol–water partition coefficient (Wildman–Crippen LogP) is 2.74. The summed E-state index contributed by atoms with van der Waals surface area (Å²) in [6.07, 6.45) is 3.78. The van der Waals surface area contributed by atoms with Gasteiger partial charge in [0.25, 0.3) is 0 Å². The molecular formula is C18H20N4O. The fourth-order valence-electron chi connectivity index (χ4n) is 2.67. The molecule has 0 saturated heterocycles. The van der Waals surface area contributed by atoms with Crippen molar-refractivity contribution in [2.24, 2.45) is 0 Å². The van der Waals surface area contributed by atoms with Gasteiger partial charge >= 0.3 is 0 Å². The predicted molar refractivity (Wildman–Crippen MR) is 90.0 cm³/mol. The number of carbonyl (C=O) groups excluding carboxylic acids is 1. The van der Waals surface area contributed by atoms with Crippen molar-refractivity contribution in [1.82, 2.24) is 20.1 Å². The highest BCUT2D eigenvalue weighted by Crippen LogP contribution is 2.16. The number of hydrogen-bond donors (Lipinski definition) is 1. The topological polar surface area (TPSA) is 59.8 Å². The van der Waals surface area contributed by atoms with Gasteiger partial charge < -0.3 is 5.32 Å². The first-order chi connectivity index (χ1) is 11.1. The van der Waals surface area contributed by atoms with E-state index in [0.29, 0.717) is 0 Å². The zero-order valence-electron chi connectivity index (χ0n) is 13.3. The first kappa shape index (κ1) is 15.2. The zero-order chi connectivity index (χ0) is 16.2. The van der Waals surface area contributed by atoms with Gasteiger partial charge in [-0.25, -0.2) is 9.67 Å². The van der Waals surface area contributed by atoms with Crippen molar-refractivity contribution < 1.29 is 4.79 Å². The minimum Gasteiger partial charge on any atom is -0.351 e. The maximum atomic E-state index is 12.3. The van der Waals surface area contributed by atoms with Gasteiger partial charge in [-0.05, 0) is 36.6 Å². The van der Waals surface area contributed by atoms with Crippen LogP contribution in [0.25, 0.3) is 10.8 Å². The van der Waals surface area contributed by atoms with Crippen molar-refractivity contribution in [2.75, 3.05) is 0 Å². The maximum Gasteiger partial charge on any atom is 0.244 e. The summed E-state index contributed by atoms with van der Waals surface area (Å²) in [5.74, 6) is -0.0520. The summed E-state index contributed by atoms with van der Waals surface area (Å²) in [5.41, 5.74) is 1.21. The lowest BCUT2D eigenvalue weighted by molar-refractivity contribution is -0.124. The van der Waals surface area contributed by atoms with E-state index in [1.807, 2.05) is 26.0 Å². The van der Waals surface area contributed by atoms with Crippen molar-refractivity contribution >= 4 is 16.7 Å². The Morgan fingerprint density at radius 2 is 1.96 bits per heavy atom. The lowest BCUT2D eigenvalue weighted by Gasteiger charge is -2.18. The van der Waals surface area contributed by atoms with Gasteiger partial charge in [0.05, 0.1) is 0 Å². The first-order valence-electron chi connectivity index (χ1n) is 7.75. The summed E-state index contributed by atoms with van der Waals surface area (Å²) in [5, 5.41) is 9.50. The number of benzene rings is 2. The number of nitrogens with zero attached hydrogens (tertiary/aromatic N) is 3. The largest absolute Gasteiger partial charge is 0.351 e. The highest BCUT2D eigenvalue weighted by atomic mass is 16.2. The second-order valence-corrected chi connectivity index (χ2v) is 5.85. The highest BCUT2D eigenvalue weighted by Gasteiger charge is 2.17. The molecule has 3 aromatic rings. The van der Waals surface area contributed by atoms with Crippen LogP contribution in [0.4, 0.5) is 0 Å². The van der Waals surface area contributed by atoms with E-state index >= 15 is 0 Å². The number of nitrogens with one attached hydrogen (secondary N) is 1. The van der Waals surface area contributed by atoms with E-state index in [1.165, 1.54) is 22.7 Å². The summed E-state index contributed by atoms with van der Waals surface area (Å²) < 4.78 is 1.55. The SMILES string of the molecule is C[C@H](C(=O)N[C@@H](C)Cc1ccc2ccccc2c1)n1cncn1. The standard InChI is InChI=1S/C18H20N4O/c1-13(21-18(23)14(2)22-12-19-11-20-22)9-15-7-8-16-5-3-4-6-17(16)10-15/h3-8,10-14H,9H2,1-2H3,(H,21,23)/t13-,14+/m0/s1. The van der Waals surface area contributed by atoms with Crippen LogP contribution >= 0.6 is 0 Å². The molecule has 2 atom stereocenters. The molecule has 0 fully saturated rings. The van der Waals surface area contributed by atoms with Crippen LogP contribution < -0.4 is 5.32 Å². The Kier molecular flexibility index (Phi) is 4.37. The molecule has 5 heteroatoms. The van der Waals surface area contributed by atoms with E-state index in [2.05, 4.69) is 45.7 Å². The minimum absolute atomic E-state index is 0.0506. The molecule has 2 aromatic carbocycles. The molecule has 1 amide bonds. The van der Waals surface area contributed by atoms with E-state index in [4.69, 9.17) is 0 Å². The third-order valence-electron chi connectivity index (χ3n) is 3.96. The summed E-state index contributed by atoms with van der Waals surface area (Å²) in [4.78, 5) is 16.1. The van der Waals surface area contributed by atoms with Gasteiger partial charge in [0.15, 0.2) is 0 Å². The van der Waals surface area contributed by atoms with Crippen LogP contribution in [0.2, 0.25) is 0 Å². The third kappa shape index (κ3) is 3.56. The molecule has 3 rings (SSSR count). The van der Waals surface area contributed by atoms with Crippen LogP contribution in [-0.2, 0) is 11.2 Å². The third-order valence-corrected chi connectivity index (χ3v) is 3.96. The second-order valence-electron chi connectivity index (χ2n) is 5.85. The molecular weight excluding hydrogens is 288 g/mol. The molecule has 0 bridgehead atoms. The van der Waals surface area contributed by atoms with Crippen molar-refractivity contribution in [1.29, 1.82) is 0 Å². The highest BCUT2D eigenvalue weighted by molar-refractivity contribution is 5.83. The Morgan fingerprint density at radius 1 is 1.17 bits per heavy atom. The Balaban J connectivity index is 1.63. The molecule has 0 aliphatic carbocycles. The van der Waals surface area contributed by atoms with Crippen LogP contribution in [-0.4, -0.2) is 26.7 Å². The molecule has 0 saturated carbocycles. The molecule has 0 spiro atoms. The minimum atomic E-state index is -0.364. The van der Waals surface area contributed by atoms with Gasteiger partial charge in [0.1, 0.15) is 18.7 Å². The first-order valence-corrected chi connectivity index (χ1v) is 7.75. The summed E-state index contributed by atoms with van der Waals surface area (Å²) in [6.45, 7) is 3.83. The summed E-state index contributed by atoms with van der Waals surface area (Å²) in [6, 6.07) is 14.4. The van der Waals surface area contributed by atoms with Crippen molar-refractivity contribution in [3.05, 3.63) is 60.7 Å². The van der Waals surface area contributed by atoms with E-state index < -0.39 is 0 Å². The van der Waals surface area contributed by atoms with Gasteiger partial charge in [-0.2, -0.15) is 5.10 Å². The van der Waals surface area contributed by atoms with Crippen LogP contribution in [0, 0.1) is 0 Å². The van der Waals surface area contributed by atoms with Gasteiger partial charge in [0.2, 0.25) is 5.91 Å².